The first-order valence-electron chi connectivity index (χ1n) is 17.3. The molecule has 0 aromatic heterocycles. The fraction of sp³-hybridized carbons (Fsp3) is 0.941. The van der Waals surface area contributed by atoms with E-state index in [9.17, 15) is 35.7 Å². The summed E-state index contributed by atoms with van der Waals surface area (Å²) in [5, 5.41) is 74.4. The van der Waals surface area contributed by atoms with E-state index in [1.807, 2.05) is 6.92 Å². The van der Waals surface area contributed by atoms with Crippen LogP contribution in [0.2, 0.25) is 0 Å². The maximum absolute atomic E-state index is 12.6. The van der Waals surface area contributed by atoms with Crippen molar-refractivity contribution in [3.05, 3.63) is 11.6 Å². The molecule has 12 nitrogen and oxygen atoms in total. The summed E-state index contributed by atoms with van der Waals surface area (Å²) in [7, 11) is 1.46. The van der Waals surface area contributed by atoms with Crippen molar-refractivity contribution >= 4 is 0 Å². The molecule has 0 aromatic rings. The van der Waals surface area contributed by atoms with Gasteiger partial charge in [-0.1, -0.05) is 25.5 Å². The van der Waals surface area contributed by atoms with Crippen LogP contribution in [0.15, 0.2) is 11.6 Å². The van der Waals surface area contributed by atoms with Gasteiger partial charge in [-0.05, 0) is 88.4 Å². The first-order valence-corrected chi connectivity index (χ1v) is 17.3. The van der Waals surface area contributed by atoms with Crippen molar-refractivity contribution in [2.45, 2.75) is 158 Å². The van der Waals surface area contributed by atoms with E-state index in [-0.39, 0.29) is 23.4 Å². The average Bonchev–Trinajstić information content (AvgIpc) is 3.31. The lowest BCUT2D eigenvalue weighted by Gasteiger charge is -2.61. The summed E-state index contributed by atoms with van der Waals surface area (Å²) in [5.41, 5.74) is -0.0797. The number of ether oxygens (including phenoxy) is 5. The maximum Gasteiger partial charge on any atom is 0.186 e. The summed E-state index contributed by atoms with van der Waals surface area (Å²) < 4.78 is 29.4. The van der Waals surface area contributed by atoms with Crippen molar-refractivity contribution in [1.82, 2.24) is 0 Å². The van der Waals surface area contributed by atoms with E-state index in [1.54, 1.807) is 6.92 Å². The predicted octanol–water partition coefficient (Wildman–Crippen LogP) is 0.752. The average molecular weight is 657 g/mol. The number of rotatable bonds is 7. The molecule has 0 amide bonds. The highest BCUT2D eigenvalue weighted by Gasteiger charge is 2.67. The van der Waals surface area contributed by atoms with Crippen molar-refractivity contribution in [2.75, 3.05) is 13.7 Å². The number of allylic oxidation sites excluding steroid dienone is 1. The van der Waals surface area contributed by atoms with Crippen molar-refractivity contribution < 1.29 is 59.4 Å². The smallest absolute Gasteiger partial charge is 0.186 e. The van der Waals surface area contributed by atoms with Crippen molar-refractivity contribution in [3.63, 3.8) is 0 Å². The fourth-order valence-electron chi connectivity index (χ4n) is 10.6. The molecule has 4 aliphatic carbocycles. The Labute approximate surface area is 271 Å². The minimum absolute atomic E-state index is 0.0214. The van der Waals surface area contributed by atoms with Gasteiger partial charge in [0.05, 0.1) is 30.5 Å². The van der Waals surface area contributed by atoms with E-state index in [2.05, 4.69) is 19.9 Å². The molecule has 5 fully saturated rings. The Balaban J connectivity index is 1.14. The first-order chi connectivity index (χ1) is 21.7. The molecule has 7 N–H and O–H groups in total. The van der Waals surface area contributed by atoms with Crippen LogP contribution in [0.1, 0.15) is 79.1 Å². The molecule has 2 saturated heterocycles. The van der Waals surface area contributed by atoms with Crippen LogP contribution >= 0.6 is 0 Å². The lowest BCUT2D eigenvalue weighted by atomic mass is 9.45. The molecule has 0 radical (unpaired) electrons. The molecule has 2 aliphatic heterocycles. The summed E-state index contributed by atoms with van der Waals surface area (Å²) in [4.78, 5) is 0. The van der Waals surface area contributed by atoms with Crippen molar-refractivity contribution in [1.29, 1.82) is 0 Å². The number of fused-ring (bicyclic) bond motifs is 5. The summed E-state index contributed by atoms with van der Waals surface area (Å²) in [5.74, 6) is 0.360. The predicted molar refractivity (Wildman–Crippen MR) is 163 cm³/mol. The van der Waals surface area contributed by atoms with Gasteiger partial charge in [-0.15, -0.1) is 0 Å². The van der Waals surface area contributed by atoms with Crippen LogP contribution in [-0.2, 0) is 23.7 Å². The zero-order valence-electron chi connectivity index (χ0n) is 27.8. The largest absolute Gasteiger partial charge is 0.394 e. The minimum atomic E-state index is -1.50. The number of hydrogen-bond donors (Lipinski definition) is 7. The summed E-state index contributed by atoms with van der Waals surface area (Å²) in [6.45, 7) is 7.65. The Morgan fingerprint density at radius 2 is 1.63 bits per heavy atom. The Bertz CT molecular complexity index is 1120. The zero-order chi connectivity index (χ0) is 33.3. The van der Waals surface area contributed by atoms with Crippen LogP contribution in [0.5, 0.6) is 0 Å². The third kappa shape index (κ3) is 5.43. The molecule has 0 spiro atoms. The van der Waals surface area contributed by atoms with Crippen molar-refractivity contribution in [2.24, 2.45) is 28.6 Å². The van der Waals surface area contributed by atoms with E-state index < -0.39 is 85.1 Å². The molecule has 12 heteroatoms. The van der Waals surface area contributed by atoms with E-state index in [4.69, 9.17) is 23.7 Å². The van der Waals surface area contributed by atoms with Gasteiger partial charge < -0.3 is 59.4 Å². The number of aliphatic hydroxyl groups excluding tert-OH is 6. The van der Waals surface area contributed by atoms with Gasteiger partial charge >= 0.3 is 0 Å². The van der Waals surface area contributed by atoms with Gasteiger partial charge in [0.15, 0.2) is 12.6 Å². The lowest BCUT2D eigenvalue weighted by molar-refractivity contribution is -0.317. The topological polar surface area (TPSA) is 188 Å². The molecule has 0 unspecified atom stereocenters. The number of hydrogen-bond acceptors (Lipinski definition) is 12. The highest BCUT2D eigenvalue weighted by Crippen LogP contribution is 2.68. The van der Waals surface area contributed by atoms with Crippen LogP contribution in [0, 0.1) is 28.6 Å². The third-order valence-electron chi connectivity index (χ3n) is 13.5. The first kappa shape index (κ1) is 35.1. The molecular formula is C34H56O12. The summed E-state index contributed by atoms with van der Waals surface area (Å²) >= 11 is 0. The van der Waals surface area contributed by atoms with Gasteiger partial charge in [0.1, 0.15) is 42.7 Å². The maximum atomic E-state index is 12.6. The minimum Gasteiger partial charge on any atom is -0.394 e. The van der Waals surface area contributed by atoms with Crippen LogP contribution < -0.4 is 0 Å². The van der Waals surface area contributed by atoms with Crippen LogP contribution in [-0.4, -0.2) is 129 Å². The van der Waals surface area contributed by atoms with Gasteiger partial charge in [-0.25, -0.2) is 0 Å². The van der Waals surface area contributed by atoms with Gasteiger partial charge in [-0.3, -0.25) is 0 Å². The second kappa shape index (κ2) is 12.9. The molecular weight excluding hydrogens is 600 g/mol. The molecule has 46 heavy (non-hydrogen) atoms. The summed E-state index contributed by atoms with van der Waals surface area (Å²) in [6.07, 6.45) is -2.76. The molecule has 2 heterocycles. The van der Waals surface area contributed by atoms with Crippen molar-refractivity contribution in [3.8, 4) is 0 Å². The summed E-state index contributed by atoms with van der Waals surface area (Å²) in [6, 6.07) is 0. The van der Waals surface area contributed by atoms with Gasteiger partial charge in [0, 0.05) is 12.5 Å². The lowest BCUT2D eigenvalue weighted by Crippen LogP contribution is -2.62. The highest BCUT2D eigenvalue weighted by molar-refractivity contribution is 5.28. The van der Waals surface area contributed by atoms with E-state index in [1.165, 1.54) is 12.7 Å². The van der Waals surface area contributed by atoms with Gasteiger partial charge in [0.2, 0.25) is 0 Å². The molecule has 0 bridgehead atoms. The highest BCUT2D eigenvalue weighted by atomic mass is 16.7. The quantitative estimate of drug-likeness (QED) is 0.191. The second-order valence-corrected chi connectivity index (χ2v) is 15.6. The van der Waals surface area contributed by atoms with Gasteiger partial charge in [0.25, 0.3) is 0 Å². The molecule has 6 rings (SSSR count). The Morgan fingerprint density at radius 3 is 2.33 bits per heavy atom. The molecule has 3 saturated carbocycles. The third-order valence-corrected chi connectivity index (χ3v) is 13.5. The number of methoxy groups -OCH3 is 1. The monoisotopic (exact) mass is 656 g/mol. The normalized spacial score (nSPS) is 54.7. The SMILES string of the molecule is CO[C@H]1[C@@H](O)[C@@H](C)O[C@@H](O[C@H]2CC[C@@]3(C)C(=CC[C@@H]4[C@@H]3CC[C@]3(C)[C@@H]([C@H](C)O[C@@H]5O[C@H](CO)[C@H](O)[C@H](O)[C@H]5O)CC[C@]43O)C2)[C@@H]1O. The number of aliphatic hydroxyl groups is 7. The molecule has 264 valence electrons. The van der Waals surface area contributed by atoms with Crippen LogP contribution in [0.25, 0.3) is 0 Å². The second-order valence-electron chi connectivity index (χ2n) is 15.6. The Morgan fingerprint density at radius 1 is 0.891 bits per heavy atom. The standard InChI is InChI=1S/C34H56O12/c1-16(43-30-27(39)26(38)25(37)23(15-35)46-30)20-10-13-34(41)22-7-6-18-14-19(8-11-32(18,3)21(22)9-12-33(20,34)4)45-31-28(40)29(42-5)24(36)17(2)44-31/h6,16-17,19-31,35-41H,7-15H2,1-5H3/t16-,17+,19-,20+,21-,22+,23+,24-,25-,26-,27+,28+,29-,30+,31-,32-,33+,34-/m0/s1. The van der Waals surface area contributed by atoms with E-state index >= 15 is 0 Å². The van der Waals surface area contributed by atoms with Crippen LogP contribution in [0.3, 0.4) is 0 Å². The van der Waals surface area contributed by atoms with E-state index in [0.717, 1.165) is 44.9 Å². The van der Waals surface area contributed by atoms with Gasteiger partial charge in [-0.2, -0.15) is 0 Å². The Hall–Kier alpha value is -0.740. The molecule has 6 aliphatic rings. The van der Waals surface area contributed by atoms with Crippen LogP contribution in [0.4, 0.5) is 0 Å². The van der Waals surface area contributed by atoms with E-state index in [0.29, 0.717) is 12.3 Å². The Kier molecular flexibility index (Phi) is 9.81. The molecule has 18 atom stereocenters. The fourth-order valence-corrected chi connectivity index (χ4v) is 10.6. The molecule has 0 aromatic carbocycles. The zero-order valence-corrected chi connectivity index (χ0v) is 27.8.